The van der Waals surface area contributed by atoms with Crippen LogP contribution in [0.2, 0.25) is 0 Å². The molecule has 92 heavy (non-hydrogen) atoms. The van der Waals surface area contributed by atoms with Crippen LogP contribution in [0.3, 0.4) is 0 Å². The summed E-state index contributed by atoms with van der Waals surface area (Å²) in [6, 6.07) is 62.1. The molecule has 0 unspecified atom stereocenters. The van der Waals surface area contributed by atoms with Crippen molar-refractivity contribution >= 4 is 27.5 Å². The van der Waals surface area contributed by atoms with Gasteiger partial charge >= 0.3 is 5.97 Å². The van der Waals surface area contributed by atoms with Gasteiger partial charge in [0.15, 0.2) is 0 Å². The molecule has 0 amide bonds. The largest absolute Gasteiger partial charge is 0.507 e. The summed E-state index contributed by atoms with van der Waals surface area (Å²) in [5, 5.41) is 29.5. The van der Waals surface area contributed by atoms with Gasteiger partial charge in [0.05, 0.1) is 5.56 Å². The van der Waals surface area contributed by atoms with E-state index in [-0.39, 0.29) is 54.6 Å². The van der Waals surface area contributed by atoms with Gasteiger partial charge in [-0.05, 0) is 219 Å². The number of carboxylic acid groups (broad SMARTS) is 1. The molecule has 3 nitrogen and oxygen atoms in total. The minimum absolute atomic E-state index is 0.0195. The van der Waals surface area contributed by atoms with E-state index in [1.165, 1.54) is 44.5 Å². The molecule has 0 fully saturated rings. The van der Waals surface area contributed by atoms with Crippen molar-refractivity contribution in [2.24, 2.45) is 0 Å². The second-order valence-electron chi connectivity index (χ2n) is 34.9. The van der Waals surface area contributed by atoms with Crippen molar-refractivity contribution in [1.29, 1.82) is 0 Å². The van der Waals surface area contributed by atoms with Crippen LogP contribution in [0.1, 0.15) is 221 Å². The Hall–Kier alpha value is -8.01. The molecule has 0 aliphatic carbocycles. The van der Waals surface area contributed by atoms with Gasteiger partial charge in [-0.3, -0.25) is 0 Å². The summed E-state index contributed by atoms with van der Waals surface area (Å²) in [5.74, 6) is -1.06. The summed E-state index contributed by atoms with van der Waals surface area (Å²) in [7, 11) is 0. The molecular formula is C89H102O3. The molecular weight excluding hydrogens is 1120 g/mol. The van der Waals surface area contributed by atoms with Crippen molar-refractivity contribution in [3.05, 3.63) is 220 Å². The second kappa shape index (κ2) is 23.2. The van der Waals surface area contributed by atoms with E-state index in [4.69, 9.17) is 0 Å². The maximum Gasteiger partial charge on any atom is 0.336 e. The van der Waals surface area contributed by atoms with E-state index in [0.717, 1.165) is 77.2 Å². The van der Waals surface area contributed by atoms with Gasteiger partial charge in [-0.15, -0.1) is 0 Å². The highest BCUT2D eigenvalue weighted by Crippen LogP contribution is 2.52. The molecule has 476 valence electrons. The van der Waals surface area contributed by atoms with Crippen molar-refractivity contribution < 1.29 is 15.0 Å². The molecule has 2 N–H and O–H groups in total. The van der Waals surface area contributed by atoms with Crippen LogP contribution >= 0.6 is 0 Å². The Kier molecular flexibility index (Phi) is 16.9. The molecule has 0 saturated carbocycles. The molecule has 0 heterocycles. The summed E-state index contributed by atoms with van der Waals surface area (Å²) >= 11 is 0. The molecule has 10 aromatic rings. The third-order valence-corrected chi connectivity index (χ3v) is 19.0. The Balaban J connectivity index is 1.34. The SMILES string of the molecule is CC(C)(C)c1cc(-c2cc(-c3cc(C(C)(C)C)cc(C(C)(C)C)c3)cc(-c3cc4ccccc4c(-c4c(C(=O)O)c(-c5cc(-c6cc(C(C)(C)C)cc(C(C)(C)C)c6)cc(-c6cc(C(C)(C)C)cc(C(C)(C)C)c6)c5)cc5ccccc45)c3O)c2)cc(C(C)(C)C)c1. The van der Waals surface area contributed by atoms with Crippen LogP contribution in [0.4, 0.5) is 0 Å². The monoisotopic (exact) mass is 1220 g/mol. The van der Waals surface area contributed by atoms with Crippen LogP contribution in [0, 0.1) is 0 Å². The van der Waals surface area contributed by atoms with Crippen molar-refractivity contribution in [1.82, 2.24) is 0 Å². The summed E-state index contributed by atoms with van der Waals surface area (Å²) in [5.41, 5.74) is 21.1. The van der Waals surface area contributed by atoms with Crippen molar-refractivity contribution in [3.8, 4) is 83.6 Å². The fourth-order valence-corrected chi connectivity index (χ4v) is 12.7. The highest BCUT2D eigenvalue weighted by atomic mass is 16.4. The molecule has 0 aliphatic rings. The highest BCUT2D eigenvalue weighted by molar-refractivity contribution is 6.19. The lowest BCUT2D eigenvalue weighted by atomic mass is 9.77. The number of carboxylic acids is 1. The molecule has 0 spiro atoms. The van der Waals surface area contributed by atoms with E-state index >= 15 is 4.79 Å². The van der Waals surface area contributed by atoms with E-state index in [0.29, 0.717) is 22.3 Å². The molecule has 0 saturated heterocycles. The number of phenols is 1. The Morgan fingerprint density at radius 3 is 0.739 bits per heavy atom. The zero-order chi connectivity index (χ0) is 67.5. The van der Waals surface area contributed by atoms with Gasteiger partial charge in [0, 0.05) is 16.7 Å². The fraction of sp³-hybridized carbons (Fsp3) is 0.360. The van der Waals surface area contributed by atoms with Gasteiger partial charge in [0.2, 0.25) is 0 Å². The molecule has 0 aliphatic heterocycles. The lowest BCUT2D eigenvalue weighted by molar-refractivity contribution is 0.0698. The number of hydrogen-bond donors (Lipinski definition) is 2. The number of rotatable bonds is 8. The van der Waals surface area contributed by atoms with Gasteiger partial charge < -0.3 is 10.2 Å². The molecule has 3 heteroatoms. The average Bonchev–Trinajstić information content (AvgIpc) is 0.731. The standard InChI is InChI=1S/C89H102O3/c1-82(2,3)65-39-59(40-66(49-65)83(4,5)6)55-33-56(60-41-67(84(7,8)9)50-68(42-60)85(10,11)12)36-63(35-55)75-47-53-29-25-27-31-73(53)77(79(75)81(91)92)78-74-32-28-26-30-54(74)48-76(80(78)90)64-37-57(61-43-69(86(13,14)15)51-70(44-61)87(16,17)18)34-58(38-64)62-45-71(88(19,20)21)52-72(46-62)89(22,23)24/h25-52,90H,1-24H3,(H,91,92). The van der Waals surface area contributed by atoms with Gasteiger partial charge in [0.1, 0.15) is 5.75 Å². The van der Waals surface area contributed by atoms with Crippen LogP contribution in [-0.4, -0.2) is 16.2 Å². The molecule has 0 aromatic heterocycles. The van der Waals surface area contributed by atoms with E-state index < -0.39 is 5.97 Å². The minimum Gasteiger partial charge on any atom is -0.507 e. The topological polar surface area (TPSA) is 57.5 Å². The first-order valence-corrected chi connectivity index (χ1v) is 33.4. The maximum atomic E-state index is 15.1. The number of carbonyl (C=O) groups is 1. The van der Waals surface area contributed by atoms with Crippen LogP contribution < -0.4 is 0 Å². The quantitative estimate of drug-likeness (QED) is 0.159. The number of hydrogen-bond acceptors (Lipinski definition) is 2. The van der Waals surface area contributed by atoms with E-state index in [9.17, 15) is 10.2 Å². The number of phenolic OH excluding ortho intramolecular Hbond substituents is 1. The zero-order valence-electron chi connectivity index (χ0n) is 60.0. The third kappa shape index (κ3) is 13.7. The Morgan fingerprint density at radius 2 is 0.478 bits per heavy atom. The fourth-order valence-electron chi connectivity index (χ4n) is 12.7. The van der Waals surface area contributed by atoms with Crippen LogP contribution in [-0.2, 0) is 43.3 Å². The van der Waals surface area contributed by atoms with Gasteiger partial charge in [-0.25, -0.2) is 4.79 Å². The van der Waals surface area contributed by atoms with Gasteiger partial charge in [-0.1, -0.05) is 287 Å². The van der Waals surface area contributed by atoms with Gasteiger partial charge in [-0.2, -0.15) is 0 Å². The maximum absolute atomic E-state index is 15.1. The lowest BCUT2D eigenvalue weighted by Crippen LogP contribution is -2.16. The molecule has 10 rings (SSSR count). The van der Waals surface area contributed by atoms with Crippen molar-refractivity contribution in [3.63, 3.8) is 0 Å². The summed E-state index contributed by atoms with van der Waals surface area (Å²) in [4.78, 5) is 15.1. The predicted molar refractivity (Wildman–Crippen MR) is 398 cm³/mol. The smallest absolute Gasteiger partial charge is 0.336 e. The number of fused-ring (bicyclic) bond motifs is 2. The normalized spacial score (nSPS) is 13.1. The van der Waals surface area contributed by atoms with E-state index in [1.807, 2.05) is 36.4 Å². The zero-order valence-corrected chi connectivity index (χ0v) is 60.0. The second-order valence-corrected chi connectivity index (χ2v) is 34.9. The van der Waals surface area contributed by atoms with Crippen LogP contribution in [0.25, 0.3) is 99.4 Å². The van der Waals surface area contributed by atoms with Crippen molar-refractivity contribution in [2.75, 3.05) is 0 Å². The first kappa shape index (κ1) is 66.9. The number of aromatic hydroxyl groups is 1. The average molecular weight is 1220 g/mol. The van der Waals surface area contributed by atoms with Gasteiger partial charge in [0.25, 0.3) is 0 Å². The van der Waals surface area contributed by atoms with Crippen LogP contribution in [0.5, 0.6) is 5.75 Å². The third-order valence-electron chi connectivity index (χ3n) is 19.0. The van der Waals surface area contributed by atoms with E-state index in [1.54, 1.807) is 0 Å². The predicted octanol–water partition coefficient (Wildman–Crippen LogP) is 25.4. The Labute approximate surface area is 552 Å². The molecule has 0 radical (unpaired) electrons. The summed E-state index contributed by atoms with van der Waals surface area (Å²) < 4.78 is 0. The Bertz CT molecular complexity index is 4220. The van der Waals surface area contributed by atoms with Crippen molar-refractivity contribution in [2.45, 2.75) is 209 Å². The van der Waals surface area contributed by atoms with E-state index in [2.05, 4.69) is 300 Å². The molecule has 10 aromatic carbocycles. The highest BCUT2D eigenvalue weighted by Gasteiger charge is 2.31. The minimum atomic E-state index is -1.08. The lowest BCUT2D eigenvalue weighted by Gasteiger charge is -2.27. The number of benzene rings is 10. The first-order chi connectivity index (χ1) is 42.3. The molecule has 0 atom stereocenters. The Morgan fingerprint density at radius 1 is 0.261 bits per heavy atom. The number of aromatic carboxylic acids is 1. The van der Waals surface area contributed by atoms with Crippen LogP contribution in [0.15, 0.2) is 170 Å². The summed E-state index contributed by atoms with van der Waals surface area (Å²) in [6.45, 7) is 54.6. The summed E-state index contributed by atoms with van der Waals surface area (Å²) in [6.07, 6.45) is 0. The first-order valence-electron chi connectivity index (χ1n) is 33.4. The molecule has 0 bridgehead atoms.